The summed E-state index contributed by atoms with van der Waals surface area (Å²) >= 11 is 0. The molecule has 0 aliphatic carbocycles. The Bertz CT molecular complexity index is 591. The van der Waals surface area contributed by atoms with Crippen LogP contribution in [0.5, 0.6) is 5.88 Å². The molecule has 0 atom stereocenters. The van der Waals surface area contributed by atoms with E-state index < -0.39 is 0 Å². The van der Waals surface area contributed by atoms with Crippen LogP contribution in [0.4, 0.5) is 0 Å². The number of hydrogen-bond acceptors (Lipinski definition) is 2. The van der Waals surface area contributed by atoms with Crippen molar-refractivity contribution in [2.45, 2.75) is 46.5 Å². The van der Waals surface area contributed by atoms with Gasteiger partial charge in [0.15, 0.2) is 0 Å². The zero-order valence-corrected chi connectivity index (χ0v) is 12.4. The van der Waals surface area contributed by atoms with Gasteiger partial charge in [0, 0.05) is 11.0 Å². The first-order valence-electron chi connectivity index (χ1n) is 6.73. The van der Waals surface area contributed by atoms with E-state index in [-0.39, 0.29) is 11.3 Å². The molecule has 3 nitrogen and oxygen atoms in total. The number of para-hydroxylation sites is 1. The average molecular weight is 258 g/mol. The van der Waals surface area contributed by atoms with Gasteiger partial charge >= 0.3 is 0 Å². The summed E-state index contributed by atoms with van der Waals surface area (Å²) in [5.74, 6) is 0.265. The lowest BCUT2D eigenvalue weighted by atomic mass is 9.89. The van der Waals surface area contributed by atoms with Crippen molar-refractivity contribution in [2.24, 2.45) is 0 Å². The van der Waals surface area contributed by atoms with E-state index in [1.54, 1.807) is 4.68 Å². The summed E-state index contributed by atoms with van der Waals surface area (Å²) in [6, 6.07) is 7.96. The minimum absolute atomic E-state index is 0.0727. The van der Waals surface area contributed by atoms with Crippen LogP contribution in [0, 0.1) is 6.92 Å². The second kappa shape index (κ2) is 4.72. The summed E-state index contributed by atoms with van der Waals surface area (Å²) in [4.78, 5) is 0. The lowest BCUT2D eigenvalue weighted by Crippen LogP contribution is -2.14. The average Bonchev–Trinajstić information content (AvgIpc) is 2.67. The van der Waals surface area contributed by atoms with Crippen molar-refractivity contribution in [1.82, 2.24) is 9.78 Å². The molecule has 0 spiro atoms. The molecule has 19 heavy (non-hydrogen) atoms. The Labute approximate surface area is 114 Å². The molecule has 0 fully saturated rings. The van der Waals surface area contributed by atoms with Crippen molar-refractivity contribution in [2.75, 3.05) is 0 Å². The number of aromatic nitrogens is 2. The zero-order valence-electron chi connectivity index (χ0n) is 12.4. The van der Waals surface area contributed by atoms with Gasteiger partial charge in [-0.05, 0) is 25.0 Å². The fourth-order valence-electron chi connectivity index (χ4n) is 2.34. The number of rotatable bonds is 2. The molecule has 0 unspecified atom stereocenters. The van der Waals surface area contributed by atoms with Gasteiger partial charge in [0.05, 0.1) is 11.4 Å². The van der Waals surface area contributed by atoms with Crippen LogP contribution >= 0.6 is 0 Å². The summed E-state index contributed by atoms with van der Waals surface area (Å²) in [5.41, 5.74) is 3.87. The van der Waals surface area contributed by atoms with E-state index >= 15 is 0 Å². The Morgan fingerprint density at radius 2 is 1.84 bits per heavy atom. The predicted octanol–water partition coefficient (Wildman–Crippen LogP) is 3.75. The highest BCUT2D eigenvalue weighted by Gasteiger charge is 2.26. The van der Waals surface area contributed by atoms with Gasteiger partial charge in [0.2, 0.25) is 5.88 Å². The number of benzene rings is 1. The van der Waals surface area contributed by atoms with E-state index in [0.29, 0.717) is 0 Å². The zero-order chi connectivity index (χ0) is 14.2. The minimum atomic E-state index is -0.0727. The number of aryl methyl sites for hydroxylation is 1. The highest BCUT2D eigenvalue weighted by atomic mass is 16.3. The third-order valence-electron chi connectivity index (χ3n) is 3.36. The maximum absolute atomic E-state index is 10.5. The predicted molar refractivity (Wildman–Crippen MR) is 78.0 cm³/mol. The SMILES string of the molecule is CCc1c(C(C)(C)C)nn(-c2ccccc2C)c1O. The molecule has 0 bridgehead atoms. The maximum atomic E-state index is 10.5. The van der Waals surface area contributed by atoms with Crippen LogP contribution in [0.25, 0.3) is 5.69 Å². The topological polar surface area (TPSA) is 38.0 Å². The van der Waals surface area contributed by atoms with Crippen LogP contribution < -0.4 is 0 Å². The molecule has 1 aromatic carbocycles. The summed E-state index contributed by atoms with van der Waals surface area (Å²) in [5, 5.41) is 15.1. The number of aromatic hydroxyl groups is 1. The van der Waals surface area contributed by atoms with Gasteiger partial charge in [-0.25, -0.2) is 4.68 Å². The quantitative estimate of drug-likeness (QED) is 0.891. The molecule has 2 rings (SSSR count). The summed E-state index contributed by atoms with van der Waals surface area (Å²) in [6.45, 7) is 10.4. The van der Waals surface area contributed by atoms with Crippen molar-refractivity contribution in [1.29, 1.82) is 0 Å². The molecule has 0 saturated carbocycles. The van der Waals surface area contributed by atoms with Gasteiger partial charge < -0.3 is 5.11 Å². The van der Waals surface area contributed by atoms with Gasteiger partial charge in [-0.2, -0.15) is 5.10 Å². The maximum Gasteiger partial charge on any atom is 0.217 e. The summed E-state index contributed by atoms with van der Waals surface area (Å²) < 4.78 is 1.66. The Balaban J connectivity index is 2.67. The molecule has 0 saturated heterocycles. The molecule has 3 heteroatoms. The van der Waals surface area contributed by atoms with Gasteiger partial charge in [0.25, 0.3) is 0 Å². The van der Waals surface area contributed by atoms with Crippen LogP contribution in [0.2, 0.25) is 0 Å². The molecule has 1 aromatic heterocycles. The Kier molecular flexibility index (Phi) is 3.40. The molecule has 102 valence electrons. The molecule has 0 radical (unpaired) electrons. The minimum Gasteiger partial charge on any atom is -0.493 e. The fraction of sp³-hybridized carbons (Fsp3) is 0.438. The molecule has 1 heterocycles. The summed E-state index contributed by atoms with van der Waals surface area (Å²) in [7, 11) is 0. The molecule has 1 N–H and O–H groups in total. The first-order valence-corrected chi connectivity index (χ1v) is 6.73. The lowest BCUT2D eigenvalue weighted by Gasteiger charge is -2.16. The van der Waals surface area contributed by atoms with E-state index in [1.807, 2.05) is 38.1 Å². The van der Waals surface area contributed by atoms with Crippen molar-refractivity contribution in [3.8, 4) is 11.6 Å². The number of hydrogen-bond donors (Lipinski definition) is 1. The molecule has 0 aliphatic rings. The van der Waals surface area contributed by atoms with Crippen molar-refractivity contribution in [3.63, 3.8) is 0 Å². The van der Waals surface area contributed by atoms with E-state index in [2.05, 4.69) is 25.9 Å². The first kappa shape index (κ1) is 13.7. The smallest absolute Gasteiger partial charge is 0.217 e. The largest absolute Gasteiger partial charge is 0.493 e. The van der Waals surface area contributed by atoms with E-state index in [9.17, 15) is 5.11 Å². The third kappa shape index (κ3) is 2.37. The van der Waals surface area contributed by atoms with Crippen molar-refractivity contribution < 1.29 is 5.11 Å². The molecule has 0 amide bonds. The van der Waals surface area contributed by atoms with Crippen LogP contribution in [0.1, 0.15) is 44.5 Å². The van der Waals surface area contributed by atoms with E-state index in [0.717, 1.165) is 28.9 Å². The highest BCUT2D eigenvalue weighted by molar-refractivity contribution is 5.46. The first-order chi connectivity index (χ1) is 8.86. The van der Waals surface area contributed by atoms with Crippen LogP contribution in [-0.2, 0) is 11.8 Å². The van der Waals surface area contributed by atoms with Crippen LogP contribution in [0.15, 0.2) is 24.3 Å². The molecule has 2 aromatic rings. The second-order valence-corrected chi connectivity index (χ2v) is 5.95. The monoisotopic (exact) mass is 258 g/mol. The van der Waals surface area contributed by atoms with Crippen molar-refractivity contribution in [3.05, 3.63) is 41.1 Å². The third-order valence-corrected chi connectivity index (χ3v) is 3.36. The van der Waals surface area contributed by atoms with Gasteiger partial charge in [-0.15, -0.1) is 0 Å². The van der Waals surface area contributed by atoms with E-state index in [1.165, 1.54) is 0 Å². The van der Waals surface area contributed by atoms with Crippen LogP contribution in [0.3, 0.4) is 0 Å². The fourth-order valence-corrected chi connectivity index (χ4v) is 2.34. The number of nitrogens with zero attached hydrogens (tertiary/aromatic N) is 2. The lowest BCUT2D eigenvalue weighted by molar-refractivity contribution is 0.428. The van der Waals surface area contributed by atoms with Crippen LogP contribution in [-0.4, -0.2) is 14.9 Å². The Morgan fingerprint density at radius 1 is 1.21 bits per heavy atom. The summed E-state index contributed by atoms with van der Waals surface area (Å²) in [6.07, 6.45) is 0.782. The second-order valence-electron chi connectivity index (χ2n) is 5.95. The standard InChI is InChI=1S/C16H22N2O/c1-6-12-14(16(3,4)5)17-18(15(12)19)13-10-8-7-9-11(13)2/h7-10,19H,6H2,1-5H3. The Morgan fingerprint density at radius 3 is 2.32 bits per heavy atom. The van der Waals surface area contributed by atoms with E-state index in [4.69, 9.17) is 0 Å². The highest BCUT2D eigenvalue weighted by Crippen LogP contribution is 2.33. The Hall–Kier alpha value is -1.77. The molecular formula is C16H22N2O. The van der Waals surface area contributed by atoms with Gasteiger partial charge in [-0.1, -0.05) is 45.9 Å². The van der Waals surface area contributed by atoms with Crippen molar-refractivity contribution >= 4 is 0 Å². The van der Waals surface area contributed by atoms with Gasteiger partial charge in [0.1, 0.15) is 0 Å². The molecular weight excluding hydrogens is 236 g/mol. The van der Waals surface area contributed by atoms with Gasteiger partial charge in [-0.3, -0.25) is 0 Å². The normalized spacial score (nSPS) is 11.8. The molecule has 0 aliphatic heterocycles.